The molecule has 0 radical (unpaired) electrons. The van der Waals surface area contributed by atoms with Crippen molar-refractivity contribution in [1.82, 2.24) is 4.90 Å². The van der Waals surface area contributed by atoms with E-state index in [1.54, 1.807) is 12.1 Å². The van der Waals surface area contributed by atoms with Gasteiger partial charge >= 0.3 is 5.97 Å². The number of carboxylic acid groups (broad SMARTS) is 1. The van der Waals surface area contributed by atoms with Gasteiger partial charge in [0.05, 0.1) is 10.8 Å². The zero-order chi connectivity index (χ0) is 15.4. The van der Waals surface area contributed by atoms with E-state index >= 15 is 0 Å². The molecule has 0 bridgehead atoms. The number of benzene rings is 1. The van der Waals surface area contributed by atoms with E-state index in [4.69, 9.17) is 5.11 Å². The van der Waals surface area contributed by atoms with Gasteiger partial charge in [0.1, 0.15) is 0 Å². The Morgan fingerprint density at radius 2 is 2.10 bits per heavy atom. The summed E-state index contributed by atoms with van der Waals surface area (Å²) in [4.78, 5) is 34.0. The average molecular weight is 293 g/mol. The van der Waals surface area contributed by atoms with Gasteiger partial charge in [-0.15, -0.1) is 0 Å². The predicted molar refractivity (Wildman–Crippen MR) is 73.9 cm³/mol. The van der Waals surface area contributed by atoms with Gasteiger partial charge in [0.15, 0.2) is 0 Å². The quantitative estimate of drug-likeness (QED) is 0.596. The van der Waals surface area contributed by atoms with Gasteiger partial charge in [0.25, 0.3) is 5.69 Å². The molecule has 2 rings (SSSR count). The van der Waals surface area contributed by atoms with E-state index in [0.717, 1.165) is 0 Å². The lowest BCUT2D eigenvalue weighted by Crippen LogP contribution is -2.31. The lowest BCUT2D eigenvalue weighted by atomic mass is 10.1. The van der Waals surface area contributed by atoms with E-state index in [9.17, 15) is 19.7 Å². The number of carboxylic acids is 1. The summed E-state index contributed by atoms with van der Waals surface area (Å²) >= 11 is 0. The molecule has 0 unspecified atom stereocenters. The van der Waals surface area contributed by atoms with Gasteiger partial charge in [0.2, 0.25) is 5.91 Å². The van der Waals surface area contributed by atoms with Gasteiger partial charge in [0, 0.05) is 43.9 Å². The highest BCUT2D eigenvalue weighted by Crippen LogP contribution is 2.18. The summed E-state index contributed by atoms with van der Waals surface area (Å²) in [6.45, 7) is 1.09. The Labute approximate surface area is 120 Å². The molecule has 1 amide bonds. The minimum atomic E-state index is -0.950. The van der Waals surface area contributed by atoms with E-state index in [1.165, 1.54) is 17.0 Å². The number of rotatable bonds is 6. The summed E-state index contributed by atoms with van der Waals surface area (Å²) in [6, 6.07) is 5.96. The SMILES string of the molecule is O=C(O)[C@H]1CC(=O)N(CCNc2ccc([N+](=O)[O-])cc2)C1. The number of non-ortho nitro benzene ring substituents is 1. The molecule has 8 nitrogen and oxygen atoms in total. The summed E-state index contributed by atoms with van der Waals surface area (Å²) in [7, 11) is 0. The second kappa shape index (κ2) is 6.21. The molecule has 0 aliphatic carbocycles. The molecule has 8 heteroatoms. The first-order valence-corrected chi connectivity index (χ1v) is 6.46. The van der Waals surface area contributed by atoms with E-state index < -0.39 is 16.8 Å². The van der Waals surface area contributed by atoms with Crippen LogP contribution < -0.4 is 5.32 Å². The van der Waals surface area contributed by atoms with Gasteiger partial charge in [-0.3, -0.25) is 19.7 Å². The van der Waals surface area contributed by atoms with Gasteiger partial charge in [-0.1, -0.05) is 0 Å². The molecule has 1 aliphatic heterocycles. The molecular weight excluding hydrogens is 278 g/mol. The van der Waals surface area contributed by atoms with Crippen LogP contribution in [0.2, 0.25) is 0 Å². The monoisotopic (exact) mass is 293 g/mol. The van der Waals surface area contributed by atoms with Crippen molar-refractivity contribution in [2.24, 2.45) is 5.92 Å². The Bertz CT molecular complexity index is 557. The van der Waals surface area contributed by atoms with Crippen molar-refractivity contribution in [1.29, 1.82) is 0 Å². The Hall–Kier alpha value is -2.64. The highest BCUT2D eigenvalue weighted by Gasteiger charge is 2.33. The van der Waals surface area contributed by atoms with Crippen LogP contribution in [0.1, 0.15) is 6.42 Å². The van der Waals surface area contributed by atoms with Crippen molar-refractivity contribution in [2.45, 2.75) is 6.42 Å². The molecule has 21 heavy (non-hydrogen) atoms. The second-order valence-corrected chi connectivity index (χ2v) is 4.81. The number of nitro groups is 1. The van der Waals surface area contributed by atoms with Crippen LogP contribution in [0.15, 0.2) is 24.3 Å². The Morgan fingerprint density at radius 1 is 1.43 bits per heavy atom. The summed E-state index contributed by atoms with van der Waals surface area (Å²) in [5.74, 6) is -1.74. The van der Waals surface area contributed by atoms with E-state index in [2.05, 4.69) is 5.32 Å². The molecule has 1 atom stereocenters. The number of anilines is 1. The van der Waals surface area contributed by atoms with Crippen molar-refractivity contribution in [2.75, 3.05) is 25.0 Å². The summed E-state index contributed by atoms with van der Waals surface area (Å²) < 4.78 is 0. The molecule has 1 aromatic carbocycles. The minimum Gasteiger partial charge on any atom is -0.481 e. The van der Waals surface area contributed by atoms with Gasteiger partial charge < -0.3 is 15.3 Å². The Kier molecular flexibility index (Phi) is 4.36. The van der Waals surface area contributed by atoms with Crippen molar-refractivity contribution in [3.05, 3.63) is 34.4 Å². The highest BCUT2D eigenvalue weighted by molar-refractivity contribution is 5.86. The molecule has 112 valence electrons. The maximum atomic E-state index is 11.6. The number of nitro benzene ring substituents is 1. The average Bonchev–Trinajstić information content (AvgIpc) is 2.81. The molecule has 1 fully saturated rings. The zero-order valence-corrected chi connectivity index (χ0v) is 11.2. The number of hydrogen-bond acceptors (Lipinski definition) is 5. The first-order chi connectivity index (χ1) is 9.97. The Balaban J connectivity index is 1.80. The van der Waals surface area contributed by atoms with Crippen LogP contribution >= 0.6 is 0 Å². The lowest BCUT2D eigenvalue weighted by molar-refractivity contribution is -0.384. The first-order valence-electron chi connectivity index (χ1n) is 6.46. The third-order valence-electron chi connectivity index (χ3n) is 3.35. The van der Waals surface area contributed by atoms with Crippen molar-refractivity contribution in [3.63, 3.8) is 0 Å². The van der Waals surface area contributed by atoms with Crippen LogP contribution in [0, 0.1) is 16.0 Å². The second-order valence-electron chi connectivity index (χ2n) is 4.81. The molecule has 1 heterocycles. The van der Waals surface area contributed by atoms with Crippen LogP contribution in [0.4, 0.5) is 11.4 Å². The number of likely N-dealkylation sites (tertiary alicyclic amines) is 1. The molecule has 0 saturated carbocycles. The molecule has 1 saturated heterocycles. The topological polar surface area (TPSA) is 113 Å². The molecule has 0 aromatic heterocycles. The maximum absolute atomic E-state index is 11.6. The summed E-state index contributed by atoms with van der Waals surface area (Å²) in [5, 5.41) is 22.4. The molecular formula is C13H15N3O5. The van der Waals surface area contributed by atoms with Crippen molar-refractivity contribution >= 4 is 23.3 Å². The third-order valence-corrected chi connectivity index (χ3v) is 3.35. The van der Waals surface area contributed by atoms with Crippen LogP contribution in [0.25, 0.3) is 0 Å². The number of carbonyl (C=O) groups is 2. The number of nitrogens with one attached hydrogen (secondary N) is 1. The van der Waals surface area contributed by atoms with E-state index in [1.807, 2.05) is 0 Å². The molecule has 1 aromatic rings. The zero-order valence-electron chi connectivity index (χ0n) is 11.2. The standard InChI is InChI=1S/C13H15N3O5/c17-12-7-9(13(18)19)8-15(12)6-5-14-10-1-3-11(4-2-10)16(20)21/h1-4,9,14H,5-8H2,(H,18,19)/t9-/m0/s1. The van der Waals surface area contributed by atoms with Crippen molar-refractivity contribution < 1.29 is 19.6 Å². The summed E-state index contributed by atoms with van der Waals surface area (Å²) in [5.41, 5.74) is 0.724. The van der Waals surface area contributed by atoms with Crippen LogP contribution in [0.5, 0.6) is 0 Å². The van der Waals surface area contributed by atoms with Gasteiger partial charge in [-0.05, 0) is 12.1 Å². The smallest absolute Gasteiger partial charge is 0.308 e. The first kappa shape index (κ1) is 14.8. The number of hydrogen-bond donors (Lipinski definition) is 2. The minimum absolute atomic E-state index is 0.0135. The van der Waals surface area contributed by atoms with Crippen LogP contribution in [0.3, 0.4) is 0 Å². The molecule has 2 N–H and O–H groups in total. The molecule has 1 aliphatic rings. The van der Waals surface area contributed by atoms with E-state index in [0.29, 0.717) is 18.8 Å². The van der Waals surface area contributed by atoms with Gasteiger partial charge in [-0.2, -0.15) is 0 Å². The van der Waals surface area contributed by atoms with Crippen molar-refractivity contribution in [3.8, 4) is 0 Å². The molecule has 0 spiro atoms. The maximum Gasteiger partial charge on any atom is 0.308 e. The largest absolute Gasteiger partial charge is 0.481 e. The van der Waals surface area contributed by atoms with Gasteiger partial charge in [-0.25, -0.2) is 0 Å². The lowest BCUT2D eigenvalue weighted by Gasteiger charge is -2.16. The number of nitrogens with zero attached hydrogens (tertiary/aromatic N) is 2. The van der Waals surface area contributed by atoms with Crippen LogP contribution in [-0.2, 0) is 9.59 Å². The third kappa shape index (κ3) is 3.68. The summed E-state index contributed by atoms with van der Waals surface area (Å²) in [6.07, 6.45) is 0.0485. The Morgan fingerprint density at radius 3 is 2.62 bits per heavy atom. The number of amides is 1. The number of aliphatic carboxylic acids is 1. The van der Waals surface area contributed by atoms with E-state index in [-0.39, 0.29) is 24.6 Å². The fourth-order valence-corrected chi connectivity index (χ4v) is 2.19. The fraction of sp³-hybridized carbons (Fsp3) is 0.385. The normalized spacial score (nSPS) is 17.8. The number of carbonyl (C=O) groups excluding carboxylic acids is 1. The highest BCUT2D eigenvalue weighted by atomic mass is 16.6. The predicted octanol–water partition coefficient (Wildman–Crippen LogP) is 0.940. The van der Waals surface area contributed by atoms with Crippen LogP contribution in [-0.4, -0.2) is 46.4 Å². The fourth-order valence-electron chi connectivity index (χ4n) is 2.19.